The molecule has 0 aromatic rings. The standard InChI is InChI=1S/C8H15O7P/c1-2-3-4-15-16(13,14)6(8(11)12)5-7(9)10/h6H,2-5H2,1H3,(H,9,10)(H,11,12)(H,13,14). The summed E-state index contributed by atoms with van der Waals surface area (Å²) in [7, 11) is -4.42. The molecule has 8 heteroatoms. The predicted octanol–water partition coefficient (Wildman–Crippen LogP) is 0.916. The van der Waals surface area contributed by atoms with Crippen LogP contribution in [-0.4, -0.2) is 39.3 Å². The van der Waals surface area contributed by atoms with E-state index in [1.165, 1.54) is 0 Å². The minimum absolute atomic E-state index is 0.0618. The van der Waals surface area contributed by atoms with E-state index in [2.05, 4.69) is 4.52 Å². The molecule has 0 spiro atoms. The van der Waals surface area contributed by atoms with Gasteiger partial charge in [-0.15, -0.1) is 0 Å². The van der Waals surface area contributed by atoms with Crippen LogP contribution in [0.15, 0.2) is 0 Å². The average Bonchev–Trinajstić information content (AvgIpc) is 2.13. The van der Waals surface area contributed by atoms with Crippen molar-refractivity contribution in [1.29, 1.82) is 0 Å². The van der Waals surface area contributed by atoms with E-state index in [1.54, 1.807) is 0 Å². The highest BCUT2D eigenvalue weighted by Crippen LogP contribution is 2.49. The molecule has 16 heavy (non-hydrogen) atoms. The predicted molar refractivity (Wildman–Crippen MR) is 54.4 cm³/mol. The number of aliphatic carboxylic acids is 2. The molecule has 0 aromatic heterocycles. The first-order valence-corrected chi connectivity index (χ1v) is 6.37. The van der Waals surface area contributed by atoms with Crippen LogP contribution in [0.2, 0.25) is 0 Å². The summed E-state index contributed by atoms with van der Waals surface area (Å²) in [4.78, 5) is 30.3. The van der Waals surface area contributed by atoms with Crippen LogP contribution in [0.5, 0.6) is 0 Å². The first-order valence-electron chi connectivity index (χ1n) is 4.73. The molecular weight excluding hydrogens is 239 g/mol. The van der Waals surface area contributed by atoms with Gasteiger partial charge in [0.25, 0.3) is 0 Å². The Morgan fingerprint density at radius 2 is 1.94 bits per heavy atom. The van der Waals surface area contributed by atoms with Crippen molar-refractivity contribution in [2.24, 2.45) is 0 Å². The number of rotatable bonds is 8. The van der Waals surface area contributed by atoms with Crippen LogP contribution in [-0.2, 0) is 18.7 Å². The molecule has 0 aliphatic carbocycles. The van der Waals surface area contributed by atoms with Crippen LogP contribution in [0.25, 0.3) is 0 Å². The fourth-order valence-electron chi connectivity index (χ4n) is 0.937. The van der Waals surface area contributed by atoms with Gasteiger partial charge in [-0.1, -0.05) is 13.3 Å². The lowest BCUT2D eigenvalue weighted by atomic mass is 10.3. The summed E-state index contributed by atoms with van der Waals surface area (Å²) in [6.45, 7) is 1.77. The third-order valence-electron chi connectivity index (χ3n) is 1.82. The molecule has 94 valence electrons. The second kappa shape index (κ2) is 6.62. The molecule has 7 nitrogen and oxygen atoms in total. The lowest BCUT2D eigenvalue weighted by Crippen LogP contribution is -2.25. The molecule has 3 N–H and O–H groups in total. The van der Waals surface area contributed by atoms with Crippen molar-refractivity contribution in [2.75, 3.05) is 6.61 Å². The molecule has 0 bridgehead atoms. The minimum atomic E-state index is -4.42. The van der Waals surface area contributed by atoms with E-state index in [9.17, 15) is 19.0 Å². The zero-order valence-corrected chi connectivity index (χ0v) is 9.72. The van der Waals surface area contributed by atoms with Crippen molar-refractivity contribution in [2.45, 2.75) is 31.8 Å². The molecule has 0 amide bonds. The summed E-state index contributed by atoms with van der Waals surface area (Å²) in [6.07, 6.45) is 0.288. The number of hydrogen-bond donors (Lipinski definition) is 3. The Kier molecular flexibility index (Phi) is 6.25. The summed E-state index contributed by atoms with van der Waals surface area (Å²) in [6, 6.07) is 0. The van der Waals surface area contributed by atoms with Gasteiger partial charge in [0.05, 0.1) is 13.0 Å². The number of carboxylic acid groups (broad SMARTS) is 2. The summed E-state index contributed by atoms with van der Waals surface area (Å²) in [5.41, 5.74) is -1.91. The maximum absolute atomic E-state index is 11.5. The molecule has 2 unspecified atom stereocenters. The van der Waals surface area contributed by atoms with Gasteiger partial charge in [-0.25, -0.2) is 0 Å². The van der Waals surface area contributed by atoms with Crippen molar-refractivity contribution in [1.82, 2.24) is 0 Å². The van der Waals surface area contributed by atoms with Gasteiger partial charge in [-0.3, -0.25) is 14.2 Å². The van der Waals surface area contributed by atoms with Crippen LogP contribution >= 0.6 is 7.60 Å². The SMILES string of the molecule is CCCCOP(=O)(O)C(CC(=O)O)C(=O)O. The quantitative estimate of drug-likeness (QED) is 0.434. The van der Waals surface area contributed by atoms with Crippen LogP contribution < -0.4 is 0 Å². The topological polar surface area (TPSA) is 121 Å². The number of hydrogen-bond acceptors (Lipinski definition) is 4. The lowest BCUT2D eigenvalue weighted by Gasteiger charge is -2.17. The van der Waals surface area contributed by atoms with Gasteiger partial charge in [0.1, 0.15) is 0 Å². The largest absolute Gasteiger partial charge is 0.481 e. The molecule has 0 heterocycles. The minimum Gasteiger partial charge on any atom is -0.481 e. The van der Waals surface area contributed by atoms with E-state index in [0.717, 1.165) is 6.42 Å². The average molecular weight is 254 g/mol. The van der Waals surface area contributed by atoms with Crippen molar-refractivity contribution >= 4 is 19.5 Å². The van der Waals surface area contributed by atoms with Gasteiger partial charge in [-0.2, -0.15) is 0 Å². The fourth-order valence-corrected chi connectivity index (χ4v) is 2.17. The van der Waals surface area contributed by atoms with Gasteiger partial charge < -0.3 is 19.6 Å². The van der Waals surface area contributed by atoms with E-state index in [0.29, 0.717) is 6.42 Å². The number of carbonyl (C=O) groups is 2. The highest BCUT2D eigenvalue weighted by atomic mass is 31.2. The summed E-state index contributed by atoms with van der Waals surface area (Å²) in [5, 5.41) is 17.1. The fraction of sp³-hybridized carbons (Fsp3) is 0.750. The maximum Gasteiger partial charge on any atom is 0.342 e. The molecule has 0 aliphatic rings. The molecule has 0 radical (unpaired) electrons. The molecular formula is C8H15O7P. The van der Waals surface area contributed by atoms with E-state index in [-0.39, 0.29) is 6.61 Å². The molecule has 0 saturated carbocycles. The van der Waals surface area contributed by atoms with Crippen molar-refractivity contribution < 1.29 is 33.8 Å². The van der Waals surface area contributed by atoms with Gasteiger partial charge in [0.2, 0.25) is 0 Å². The number of carboxylic acids is 2. The van der Waals surface area contributed by atoms with E-state index in [4.69, 9.17) is 10.2 Å². The van der Waals surface area contributed by atoms with Crippen molar-refractivity contribution in [3.05, 3.63) is 0 Å². The molecule has 0 aromatic carbocycles. The highest BCUT2D eigenvalue weighted by molar-refractivity contribution is 7.54. The van der Waals surface area contributed by atoms with Gasteiger partial charge in [-0.05, 0) is 6.42 Å². The van der Waals surface area contributed by atoms with E-state index < -0.39 is 31.6 Å². The van der Waals surface area contributed by atoms with Gasteiger partial charge in [0.15, 0.2) is 5.66 Å². The molecule has 0 saturated heterocycles. The Morgan fingerprint density at radius 1 is 1.38 bits per heavy atom. The van der Waals surface area contributed by atoms with E-state index >= 15 is 0 Å². The highest BCUT2D eigenvalue weighted by Gasteiger charge is 2.40. The normalized spacial score (nSPS) is 16.4. The van der Waals surface area contributed by atoms with Crippen LogP contribution in [0.3, 0.4) is 0 Å². The zero-order valence-electron chi connectivity index (χ0n) is 8.83. The first-order chi connectivity index (χ1) is 7.31. The first kappa shape index (κ1) is 15.1. The third-order valence-corrected chi connectivity index (χ3v) is 3.56. The Morgan fingerprint density at radius 3 is 2.31 bits per heavy atom. The van der Waals surface area contributed by atoms with Gasteiger partial charge >= 0.3 is 19.5 Å². The lowest BCUT2D eigenvalue weighted by molar-refractivity contribution is -0.143. The summed E-state index contributed by atoms with van der Waals surface area (Å²) < 4.78 is 16.0. The Hall–Kier alpha value is -0.910. The molecule has 0 fully saturated rings. The van der Waals surface area contributed by atoms with Gasteiger partial charge in [0, 0.05) is 0 Å². The third kappa shape index (κ3) is 5.25. The zero-order chi connectivity index (χ0) is 12.8. The second-order valence-electron chi connectivity index (χ2n) is 3.20. The molecule has 0 rings (SSSR count). The smallest absolute Gasteiger partial charge is 0.342 e. The van der Waals surface area contributed by atoms with Crippen molar-refractivity contribution in [3.63, 3.8) is 0 Å². The van der Waals surface area contributed by atoms with Crippen molar-refractivity contribution in [3.8, 4) is 0 Å². The van der Waals surface area contributed by atoms with Crippen LogP contribution in [0, 0.1) is 0 Å². The Bertz CT molecular complexity index is 301. The Labute approximate surface area is 92.6 Å². The monoisotopic (exact) mass is 254 g/mol. The summed E-state index contributed by atoms with van der Waals surface area (Å²) >= 11 is 0. The van der Waals surface area contributed by atoms with E-state index in [1.807, 2.05) is 6.92 Å². The second-order valence-corrected chi connectivity index (χ2v) is 5.21. The number of unbranched alkanes of at least 4 members (excludes halogenated alkanes) is 1. The molecule has 0 aliphatic heterocycles. The molecule has 2 atom stereocenters. The summed E-state index contributed by atoms with van der Waals surface area (Å²) in [5.74, 6) is -3.11. The maximum atomic E-state index is 11.5. The Balaban J connectivity index is 4.56. The van der Waals surface area contributed by atoms with Crippen LogP contribution in [0.1, 0.15) is 26.2 Å². The van der Waals surface area contributed by atoms with Crippen LogP contribution in [0.4, 0.5) is 0 Å².